The molecule has 0 aromatic rings. The van der Waals surface area contributed by atoms with Gasteiger partial charge in [-0.05, 0) is 119 Å². The first-order chi connectivity index (χ1) is 25.6. The molecule has 11 heteroatoms. The van der Waals surface area contributed by atoms with Crippen LogP contribution >= 0.6 is 0 Å². The molecule has 0 spiro atoms. The highest BCUT2D eigenvalue weighted by molar-refractivity contribution is 5.83. The average molecular weight is 761 g/mol. The lowest BCUT2D eigenvalue weighted by Gasteiger charge is -2.62. The van der Waals surface area contributed by atoms with Crippen LogP contribution in [0.2, 0.25) is 0 Å². The number of carbonyl (C=O) groups is 2. The van der Waals surface area contributed by atoms with Crippen LogP contribution in [0.3, 0.4) is 0 Å². The van der Waals surface area contributed by atoms with Gasteiger partial charge in [-0.1, -0.05) is 53.9 Å². The fourth-order valence-electron chi connectivity index (χ4n) is 12.9. The van der Waals surface area contributed by atoms with Crippen molar-refractivity contribution in [2.75, 3.05) is 34.4 Å². The average Bonchev–Trinajstić information content (AvgIpc) is 3.64. The van der Waals surface area contributed by atoms with Crippen LogP contribution in [-0.4, -0.2) is 120 Å². The van der Waals surface area contributed by atoms with Gasteiger partial charge in [0.15, 0.2) is 0 Å². The summed E-state index contributed by atoms with van der Waals surface area (Å²) in [5, 5.41) is 41.0. The van der Waals surface area contributed by atoms with Crippen LogP contribution in [0, 0.1) is 64.6 Å². The van der Waals surface area contributed by atoms with Gasteiger partial charge in [0.1, 0.15) is 12.1 Å². The van der Waals surface area contributed by atoms with Crippen LogP contribution in [0.15, 0.2) is 0 Å². The number of ether oxygens (including phenoxy) is 1. The highest BCUT2D eigenvalue weighted by atomic mass is 16.7. The molecule has 7 aliphatic rings. The van der Waals surface area contributed by atoms with Gasteiger partial charge in [0.05, 0.1) is 31.0 Å². The van der Waals surface area contributed by atoms with Crippen molar-refractivity contribution < 1.29 is 34.5 Å². The number of hydroxylamine groups is 2. The predicted octanol–water partition coefficient (Wildman–Crippen LogP) is 4.23. The monoisotopic (exact) mass is 761 g/mol. The summed E-state index contributed by atoms with van der Waals surface area (Å²) in [6.07, 6.45) is 8.66. The molecule has 0 radical (unpaired) electrons. The second kappa shape index (κ2) is 17.3. The molecule has 6 saturated carbocycles. The van der Waals surface area contributed by atoms with Crippen molar-refractivity contribution >= 4 is 11.8 Å². The van der Waals surface area contributed by atoms with E-state index in [4.69, 9.17) is 9.57 Å². The first kappa shape index (κ1) is 42.3. The van der Waals surface area contributed by atoms with Crippen LogP contribution in [-0.2, 0) is 19.2 Å². The Hall–Kier alpha value is -1.34. The van der Waals surface area contributed by atoms with Gasteiger partial charge in [-0.25, -0.2) is 0 Å². The van der Waals surface area contributed by atoms with E-state index >= 15 is 0 Å². The Morgan fingerprint density at radius 3 is 2.31 bits per heavy atom. The van der Waals surface area contributed by atoms with Gasteiger partial charge in [0.25, 0.3) is 0 Å². The lowest BCUT2D eigenvalue weighted by molar-refractivity contribution is -0.193. The third-order valence-electron chi connectivity index (χ3n) is 16.4. The van der Waals surface area contributed by atoms with E-state index in [1.165, 1.54) is 6.42 Å². The second-order valence-corrected chi connectivity index (χ2v) is 19.8. The first-order valence-electron chi connectivity index (χ1n) is 21.8. The van der Waals surface area contributed by atoms with Gasteiger partial charge in [0, 0.05) is 43.5 Å². The van der Waals surface area contributed by atoms with Gasteiger partial charge in [-0.3, -0.25) is 14.4 Å². The standard InChI is InChI=1S/C43H76N4O7/c1-10-12-26-18-35(39(50)23(26)2)45-41(51)29-15-28(16-31(17-29)46(7)8)32-14-11-13-27(40(32)53-9)21-47-38(37(25(4)49)36(22-48)54-47)42(52)44-34-20-30-19-33(24(34)3)43(30,5)6/h23-40,48-50H,10-22H2,1-9H3,(H,44,52)(H,45,51)/t23?,24-,25-,26?,27?,28?,29?,30+,31?,32?,33-,34-,35+,36-,37-,38-,39-,40?/m0/s1. The predicted molar refractivity (Wildman–Crippen MR) is 209 cm³/mol. The molecule has 6 aliphatic carbocycles. The normalized spacial score (nSPS) is 45.5. The van der Waals surface area contributed by atoms with Crippen molar-refractivity contribution in [3.05, 3.63) is 0 Å². The summed E-state index contributed by atoms with van der Waals surface area (Å²) in [6.45, 7) is 13.2. The third kappa shape index (κ3) is 8.17. The SMILES string of the molecule is CCCC1C[C@@H](NC(=O)C2CC(C3CCCC(CN4O[C@@H](CO)[C@H]([C@H](C)O)[C@H]4C(=O)N[C@H]4C[C@H]5C[C@@H]([C@@H]4C)C5(C)C)C3OC)CC(N(C)C)C2)[C@@H](O)C1C. The Labute approximate surface area is 326 Å². The number of aliphatic hydroxyl groups excluding tert-OH is 3. The van der Waals surface area contributed by atoms with Crippen LogP contribution in [0.5, 0.6) is 0 Å². The summed E-state index contributed by atoms with van der Waals surface area (Å²) < 4.78 is 6.41. The molecular formula is C43H76N4O7. The Balaban J connectivity index is 1.16. The smallest absolute Gasteiger partial charge is 0.240 e. The van der Waals surface area contributed by atoms with Crippen molar-refractivity contribution in [3.8, 4) is 0 Å². The zero-order valence-corrected chi connectivity index (χ0v) is 35.0. The quantitative estimate of drug-likeness (QED) is 0.187. The number of hydrogen-bond acceptors (Lipinski definition) is 9. The molecule has 2 bridgehead atoms. The van der Waals surface area contributed by atoms with E-state index in [1.807, 2.05) is 0 Å². The van der Waals surface area contributed by atoms with Crippen molar-refractivity contribution in [2.24, 2.45) is 64.6 Å². The van der Waals surface area contributed by atoms with E-state index in [9.17, 15) is 24.9 Å². The fraction of sp³-hybridized carbons (Fsp3) is 0.953. The number of fused-ring (bicyclic) bond motifs is 2. The van der Waals surface area contributed by atoms with Crippen LogP contribution < -0.4 is 10.6 Å². The molecule has 1 aliphatic heterocycles. The number of nitrogens with zero attached hydrogens (tertiary/aromatic N) is 2. The van der Waals surface area contributed by atoms with Gasteiger partial charge in [-0.2, -0.15) is 5.06 Å². The fourth-order valence-corrected chi connectivity index (χ4v) is 12.9. The third-order valence-corrected chi connectivity index (χ3v) is 16.4. The number of hydrogen-bond donors (Lipinski definition) is 5. The minimum atomic E-state index is -0.837. The van der Waals surface area contributed by atoms with E-state index in [0.717, 1.165) is 64.2 Å². The maximum atomic E-state index is 14.3. The molecule has 310 valence electrons. The first-order valence-corrected chi connectivity index (χ1v) is 21.8. The number of nitrogens with one attached hydrogen (secondary N) is 2. The summed E-state index contributed by atoms with van der Waals surface area (Å²) in [5.41, 5.74) is 0.309. The molecule has 1 heterocycles. The highest BCUT2D eigenvalue weighted by Crippen LogP contribution is 2.61. The Bertz CT molecular complexity index is 1280. The largest absolute Gasteiger partial charge is 0.394 e. The van der Waals surface area contributed by atoms with Crippen molar-refractivity contribution in [1.82, 2.24) is 20.6 Å². The Morgan fingerprint density at radius 1 is 0.981 bits per heavy atom. The zero-order chi connectivity index (χ0) is 39.2. The summed E-state index contributed by atoms with van der Waals surface area (Å²) in [4.78, 5) is 37.0. The van der Waals surface area contributed by atoms with Gasteiger partial charge >= 0.3 is 0 Å². The summed E-state index contributed by atoms with van der Waals surface area (Å²) in [7, 11) is 6.02. The molecule has 1 saturated heterocycles. The van der Waals surface area contributed by atoms with Gasteiger partial charge < -0.3 is 35.6 Å². The molecule has 7 rings (SSSR count). The lowest BCUT2D eigenvalue weighted by atomic mass is 9.45. The van der Waals surface area contributed by atoms with Crippen LogP contribution in [0.1, 0.15) is 112 Å². The molecule has 7 fully saturated rings. The number of rotatable bonds is 13. The Morgan fingerprint density at radius 2 is 1.70 bits per heavy atom. The molecule has 8 unspecified atom stereocenters. The molecule has 11 nitrogen and oxygen atoms in total. The number of amides is 2. The molecule has 18 atom stereocenters. The summed E-state index contributed by atoms with van der Waals surface area (Å²) in [6, 6.07) is -0.553. The van der Waals surface area contributed by atoms with Gasteiger partial charge in [-0.15, -0.1) is 0 Å². The van der Waals surface area contributed by atoms with Crippen molar-refractivity contribution in [1.29, 1.82) is 0 Å². The second-order valence-electron chi connectivity index (χ2n) is 19.8. The van der Waals surface area contributed by atoms with Gasteiger partial charge in [0.2, 0.25) is 11.8 Å². The molecule has 2 amide bonds. The molecule has 54 heavy (non-hydrogen) atoms. The van der Waals surface area contributed by atoms with Crippen LogP contribution in [0.25, 0.3) is 0 Å². The van der Waals surface area contributed by atoms with E-state index < -0.39 is 30.3 Å². The minimum absolute atomic E-state index is 0.0768. The van der Waals surface area contributed by atoms with Crippen molar-refractivity contribution in [2.45, 2.75) is 161 Å². The molecule has 0 aromatic heterocycles. The van der Waals surface area contributed by atoms with Crippen molar-refractivity contribution in [3.63, 3.8) is 0 Å². The van der Waals surface area contributed by atoms with E-state index in [1.54, 1.807) is 19.1 Å². The summed E-state index contributed by atoms with van der Waals surface area (Å²) in [5.74, 6) is 2.07. The highest BCUT2D eigenvalue weighted by Gasteiger charge is 2.58. The molecular weight excluding hydrogens is 684 g/mol. The van der Waals surface area contributed by atoms with E-state index in [0.29, 0.717) is 35.6 Å². The van der Waals surface area contributed by atoms with E-state index in [-0.39, 0.29) is 72.2 Å². The maximum Gasteiger partial charge on any atom is 0.240 e. The summed E-state index contributed by atoms with van der Waals surface area (Å²) >= 11 is 0. The molecule has 0 aromatic carbocycles. The van der Waals surface area contributed by atoms with E-state index in [2.05, 4.69) is 64.2 Å². The molecule has 5 N–H and O–H groups in total. The number of methoxy groups -OCH3 is 1. The topological polar surface area (TPSA) is 144 Å². The maximum absolute atomic E-state index is 14.3. The number of carbonyl (C=O) groups excluding carboxylic acids is 2. The minimum Gasteiger partial charge on any atom is -0.394 e. The lowest BCUT2D eigenvalue weighted by Crippen LogP contribution is -2.62. The zero-order valence-electron chi connectivity index (χ0n) is 35.0. The van der Waals surface area contributed by atoms with Crippen LogP contribution in [0.4, 0.5) is 0 Å². The number of aliphatic hydroxyl groups is 3. The Kier molecular flexibility index (Phi) is 13.5.